The Balaban J connectivity index is 1.41. The number of benzene rings is 1. The number of hydrogen-bond donors (Lipinski definition) is 1. The largest absolute Gasteiger partial charge is 0.491 e. The van der Waals surface area contributed by atoms with Crippen molar-refractivity contribution in [1.29, 1.82) is 0 Å². The molecule has 1 fully saturated rings. The molecular weight excluding hydrogens is 415 g/mol. The molecule has 0 aliphatic carbocycles. The lowest BCUT2D eigenvalue weighted by Gasteiger charge is -2.36. The first-order chi connectivity index (χ1) is 14.8. The van der Waals surface area contributed by atoms with E-state index < -0.39 is 23.8 Å². The highest BCUT2D eigenvalue weighted by atomic mass is 19.4. The third-order valence-electron chi connectivity index (χ3n) is 4.96. The summed E-state index contributed by atoms with van der Waals surface area (Å²) in [4.78, 5) is 19.3. The number of nitrogens with zero attached hydrogens (tertiary/aromatic N) is 3. The number of halogens is 3. The number of β-amino-alcohol motifs (C(OH)–C–C–N with tert-alkyl or cyclic N) is 1. The summed E-state index contributed by atoms with van der Waals surface area (Å²) in [5.41, 5.74) is -0.353. The van der Waals surface area contributed by atoms with E-state index in [1.54, 1.807) is 24.3 Å². The number of ether oxygens (including phenoxy) is 2. The number of rotatable bonds is 7. The molecule has 0 bridgehead atoms. The Morgan fingerprint density at radius 1 is 1.13 bits per heavy atom. The second-order valence-corrected chi connectivity index (χ2v) is 7.17. The summed E-state index contributed by atoms with van der Waals surface area (Å²) in [6, 6.07) is 8.86. The molecule has 3 rings (SSSR count). The zero-order valence-corrected chi connectivity index (χ0v) is 17.0. The van der Waals surface area contributed by atoms with Crippen LogP contribution in [-0.4, -0.2) is 73.5 Å². The van der Waals surface area contributed by atoms with Crippen molar-refractivity contribution in [3.63, 3.8) is 0 Å². The van der Waals surface area contributed by atoms with E-state index in [0.29, 0.717) is 49.9 Å². The fourth-order valence-corrected chi connectivity index (χ4v) is 3.25. The molecule has 1 atom stereocenters. The number of aliphatic hydroxyl groups excluding tert-OH is 1. The number of alkyl halides is 3. The average molecular weight is 439 g/mol. The number of esters is 1. The van der Waals surface area contributed by atoms with Gasteiger partial charge in [0.1, 0.15) is 24.3 Å². The van der Waals surface area contributed by atoms with Crippen molar-refractivity contribution in [3.8, 4) is 5.75 Å². The molecule has 10 heteroatoms. The van der Waals surface area contributed by atoms with E-state index in [1.165, 1.54) is 13.2 Å². The molecule has 0 amide bonds. The van der Waals surface area contributed by atoms with Gasteiger partial charge in [-0.2, -0.15) is 13.2 Å². The van der Waals surface area contributed by atoms with Crippen LogP contribution in [0.25, 0.3) is 0 Å². The molecule has 0 radical (unpaired) electrons. The van der Waals surface area contributed by atoms with Crippen LogP contribution in [0.15, 0.2) is 42.6 Å². The standard InChI is InChI=1S/C21H24F3N3O4/c1-30-20(29)15-2-5-18(6-3-15)31-14-17(28)13-26-8-10-27(11-9-26)19-7-4-16(12-25-19)21(22,23)24/h2-7,12,17,28H,8-11,13-14H2,1H3. The lowest BCUT2D eigenvalue weighted by molar-refractivity contribution is -0.137. The fraction of sp³-hybridized carbons (Fsp3) is 0.429. The van der Waals surface area contributed by atoms with Crippen molar-refractivity contribution >= 4 is 11.8 Å². The third kappa shape index (κ3) is 6.31. The van der Waals surface area contributed by atoms with E-state index in [2.05, 4.69) is 14.6 Å². The molecule has 0 saturated carbocycles. The van der Waals surface area contributed by atoms with Crippen molar-refractivity contribution < 1.29 is 32.5 Å². The normalized spacial score (nSPS) is 16.1. The minimum atomic E-state index is -4.40. The SMILES string of the molecule is COC(=O)c1ccc(OCC(O)CN2CCN(c3ccc(C(F)(F)F)cn3)CC2)cc1. The summed E-state index contributed by atoms with van der Waals surface area (Å²) < 4.78 is 48.2. The van der Waals surface area contributed by atoms with Crippen molar-refractivity contribution in [2.45, 2.75) is 12.3 Å². The first-order valence-corrected chi connectivity index (χ1v) is 9.76. The van der Waals surface area contributed by atoms with E-state index in [9.17, 15) is 23.1 Å². The number of aromatic nitrogens is 1. The van der Waals surface area contributed by atoms with Gasteiger partial charge in [0, 0.05) is 38.9 Å². The Bertz CT molecular complexity index is 852. The molecule has 2 heterocycles. The van der Waals surface area contributed by atoms with E-state index in [4.69, 9.17) is 4.74 Å². The monoisotopic (exact) mass is 439 g/mol. The van der Waals surface area contributed by atoms with Crippen LogP contribution in [0.1, 0.15) is 15.9 Å². The van der Waals surface area contributed by atoms with Gasteiger partial charge in [-0.15, -0.1) is 0 Å². The van der Waals surface area contributed by atoms with Gasteiger partial charge in [0.05, 0.1) is 18.2 Å². The molecule has 1 aromatic carbocycles. The highest BCUT2D eigenvalue weighted by molar-refractivity contribution is 5.89. The van der Waals surface area contributed by atoms with E-state index >= 15 is 0 Å². The van der Waals surface area contributed by atoms with Crippen LogP contribution in [0.2, 0.25) is 0 Å². The minimum absolute atomic E-state index is 0.0955. The van der Waals surface area contributed by atoms with Gasteiger partial charge in [0.2, 0.25) is 0 Å². The lowest BCUT2D eigenvalue weighted by Crippen LogP contribution is -2.49. The third-order valence-corrected chi connectivity index (χ3v) is 4.96. The van der Waals surface area contributed by atoms with Crippen LogP contribution in [0.4, 0.5) is 19.0 Å². The summed E-state index contributed by atoms with van der Waals surface area (Å²) >= 11 is 0. The zero-order valence-electron chi connectivity index (χ0n) is 17.0. The van der Waals surface area contributed by atoms with Gasteiger partial charge in [-0.3, -0.25) is 4.90 Å². The van der Waals surface area contributed by atoms with Crippen molar-refractivity contribution in [2.24, 2.45) is 0 Å². The smallest absolute Gasteiger partial charge is 0.417 e. The lowest BCUT2D eigenvalue weighted by atomic mass is 10.2. The van der Waals surface area contributed by atoms with E-state index in [1.807, 2.05) is 4.90 Å². The first-order valence-electron chi connectivity index (χ1n) is 9.76. The Labute approximate surface area is 178 Å². The molecule has 7 nitrogen and oxygen atoms in total. The molecule has 168 valence electrons. The number of methoxy groups -OCH3 is 1. The highest BCUT2D eigenvalue weighted by Crippen LogP contribution is 2.29. The predicted octanol–water partition coefficient (Wildman–Crippen LogP) is 2.45. The van der Waals surface area contributed by atoms with Crippen molar-refractivity contribution in [2.75, 3.05) is 51.3 Å². The second kappa shape index (κ2) is 9.97. The maximum Gasteiger partial charge on any atom is 0.417 e. The van der Waals surface area contributed by atoms with E-state index in [-0.39, 0.29) is 6.61 Å². The summed E-state index contributed by atoms with van der Waals surface area (Å²) in [7, 11) is 1.31. The maximum absolute atomic E-state index is 12.7. The summed E-state index contributed by atoms with van der Waals surface area (Å²) in [6.45, 7) is 3.00. The topological polar surface area (TPSA) is 75.1 Å². The molecule has 1 saturated heterocycles. The Hall–Kier alpha value is -2.85. The molecule has 2 aromatic rings. The number of carbonyl (C=O) groups excluding carboxylic acids is 1. The first kappa shape index (κ1) is 22.8. The summed E-state index contributed by atoms with van der Waals surface area (Å²) in [5.74, 6) is 0.606. The second-order valence-electron chi connectivity index (χ2n) is 7.17. The Morgan fingerprint density at radius 3 is 2.35 bits per heavy atom. The molecular formula is C21H24F3N3O4. The van der Waals surface area contributed by atoms with Crippen LogP contribution < -0.4 is 9.64 Å². The molecule has 1 aliphatic heterocycles. The van der Waals surface area contributed by atoms with Gasteiger partial charge < -0.3 is 19.5 Å². The van der Waals surface area contributed by atoms with Gasteiger partial charge >= 0.3 is 12.1 Å². The van der Waals surface area contributed by atoms with Crippen LogP contribution in [0.3, 0.4) is 0 Å². The van der Waals surface area contributed by atoms with Crippen LogP contribution >= 0.6 is 0 Å². The Morgan fingerprint density at radius 2 is 1.81 bits per heavy atom. The van der Waals surface area contributed by atoms with Crippen molar-refractivity contribution in [3.05, 3.63) is 53.7 Å². The molecule has 1 aromatic heterocycles. The van der Waals surface area contributed by atoms with Gasteiger partial charge in [-0.25, -0.2) is 9.78 Å². The molecule has 1 unspecified atom stereocenters. The van der Waals surface area contributed by atoms with Gasteiger partial charge in [0.15, 0.2) is 0 Å². The van der Waals surface area contributed by atoms with Crippen LogP contribution in [-0.2, 0) is 10.9 Å². The molecule has 1 N–H and O–H groups in total. The fourth-order valence-electron chi connectivity index (χ4n) is 3.25. The van der Waals surface area contributed by atoms with Crippen molar-refractivity contribution in [1.82, 2.24) is 9.88 Å². The summed E-state index contributed by atoms with van der Waals surface area (Å²) in [5, 5.41) is 10.3. The summed E-state index contributed by atoms with van der Waals surface area (Å²) in [6.07, 6.45) is -4.26. The molecule has 31 heavy (non-hydrogen) atoms. The highest BCUT2D eigenvalue weighted by Gasteiger charge is 2.31. The number of pyridine rings is 1. The zero-order chi connectivity index (χ0) is 22.4. The predicted molar refractivity (Wildman–Crippen MR) is 107 cm³/mol. The number of piperazine rings is 1. The van der Waals surface area contributed by atoms with Gasteiger partial charge in [-0.05, 0) is 36.4 Å². The molecule has 0 spiro atoms. The minimum Gasteiger partial charge on any atom is -0.491 e. The number of carbonyl (C=O) groups is 1. The van der Waals surface area contributed by atoms with Gasteiger partial charge in [0.25, 0.3) is 0 Å². The number of hydrogen-bond acceptors (Lipinski definition) is 7. The van der Waals surface area contributed by atoms with Crippen LogP contribution in [0, 0.1) is 0 Å². The molecule has 1 aliphatic rings. The van der Waals surface area contributed by atoms with E-state index in [0.717, 1.165) is 12.3 Å². The van der Waals surface area contributed by atoms with Crippen LogP contribution in [0.5, 0.6) is 5.75 Å². The maximum atomic E-state index is 12.7. The Kier molecular flexibility index (Phi) is 7.34. The van der Waals surface area contributed by atoms with Gasteiger partial charge in [-0.1, -0.05) is 0 Å². The number of aliphatic hydroxyl groups is 1. The quantitative estimate of drug-likeness (QED) is 0.665. The average Bonchev–Trinajstić information content (AvgIpc) is 2.77. The number of anilines is 1.